The lowest BCUT2D eigenvalue weighted by Crippen LogP contribution is -2.11. The monoisotopic (exact) mass is 456 g/mol. The van der Waals surface area contributed by atoms with Crippen LogP contribution in [0, 0.1) is 0 Å². The van der Waals surface area contributed by atoms with E-state index in [2.05, 4.69) is 9.97 Å². The van der Waals surface area contributed by atoms with Gasteiger partial charge in [-0.3, -0.25) is 4.79 Å². The molecular weight excluding hydrogens is 440 g/mol. The van der Waals surface area contributed by atoms with Crippen LogP contribution in [0.5, 0.6) is 11.5 Å². The molecule has 0 atom stereocenters. The number of hydrogen-bond acceptors (Lipinski definition) is 7. The zero-order chi connectivity index (χ0) is 23.4. The number of halogens is 1. The Morgan fingerprint density at radius 3 is 2.25 bits per heavy atom. The number of pyridine rings is 2. The van der Waals surface area contributed by atoms with Crippen molar-refractivity contribution in [3.05, 3.63) is 75.2 Å². The number of carbonyl (C=O) groups excluding carboxylic acids is 1. The van der Waals surface area contributed by atoms with Crippen molar-refractivity contribution in [1.29, 1.82) is 0 Å². The van der Waals surface area contributed by atoms with Crippen molar-refractivity contribution in [2.45, 2.75) is 0 Å². The highest BCUT2D eigenvalue weighted by molar-refractivity contribution is 6.32. The minimum absolute atomic E-state index is 0.145. The number of aromatic hydroxyl groups is 1. The number of rotatable bonds is 3. The highest BCUT2D eigenvalue weighted by Gasteiger charge is 2.21. The fraction of sp³-hybridized carbons (Fsp3) is 0.0909. The zero-order valence-corrected chi connectivity index (χ0v) is 17.6. The van der Waals surface area contributed by atoms with Gasteiger partial charge >= 0.3 is 11.9 Å². The predicted molar refractivity (Wildman–Crippen MR) is 118 cm³/mol. The molecule has 10 heteroatoms. The molecule has 0 aliphatic rings. The summed E-state index contributed by atoms with van der Waals surface area (Å²) in [6, 6.07) is 13.6. The molecule has 4 aromatic rings. The van der Waals surface area contributed by atoms with Crippen molar-refractivity contribution in [1.82, 2.24) is 9.97 Å². The Bertz CT molecular complexity index is 1400. The smallest absolute Gasteiger partial charge is 0.342 e. The molecule has 0 fully saturated rings. The predicted octanol–water partition coefficient (Wildman–Crippen LogP) is 3.62. The molecule has 4 rings (SSSR count). The number of hydrogen-bond donors (Lipinski definition) is 3. The molecule has 0 aliphatic carbocycles. The van der Waals surface area contributed by atoms with Gasteiger partial charge in [0, 0.05) is 16.3 Å². The lowest BCUT2D eigenvalue weighted by Gasteiger charge is -2.11. The maximum Gasteiger partial charge on any atom is 0.342 e. The van der Waals surface area contributed by atoms with Gasteiger partial charge in [-0.15, -0.1) is 0 Å². The lowest BCUT2D eigenvalue weighted by molar-refractivity contribution is 0.0598. The second kappa shape index (κ2) is 9.36. The van der Waals surface area contributed by atoms with E-state index in [1.165, 1.54) is 20.3 Å². The summed E-state index contributed by atoms with van der Waals surface area (Å²) in [5, 5.41) is 19.3. The largest absolute Gasteiger partial charge is 0.502 e. The number of aromatic nitrogens is 2. The number of nitrogens with one attached hydrogen (secondary N) is 1. The Morgan fingerprint density at radius 2 is 1.62 bits per heavy atom. The average Bonchev–Trinajstić information content (AvgIpc) is 2.78. The molecule has 0 amide bonds. The quantitative estimate of drug-likeness (QED) is 0.314. The first-order valence-electron chi connectivity index (χ1n) is 9.08. The normalized spacial score (nSPS) is 10.3. The van der Waals surface area contributed by atoms with Crippen LogP contribution in [0.15, 0.2) is 53.3 Å². The fourth-order valence-corrected chi connectivity index (χ4v) is 3.37. The van der Waals surface area contributed by atoms with Gasteiger partial charge < -0.3 is 24.7 Å². The van der Waals surface area contributed by atoms with Crippen LogP contribution in [0.4, 0.5) is 0 Å². The van der Waals surface area contributed by atoms with Gasteiger partial charge in [0.2, 0.25) is 0 Å². The minimum Gasteiger partial charge on any atom is -0.502 e. The van der Waals surface area contributed by atoms with Gasteiger partial charge in [0.05, 0.1) is 19.7 Å². The van der Waals surface area contributed by atoms with E-state index in [0.29, 0.717) is 27.4 Å². The van der Waals surface area contributed by atoms with Crippen molar-refractivity contribution < 1.29 is 29.3 Å². The second-order valence-corrected chi connectivity index (χ2v) is 6.71. The van der Waals surface area contributed by atoms with Crippen molar-refractivity contribution in [2.24, 2.45) is 0 Å². The average molecular weight is 457 g/mol. The summed E-state index contributed by atoms with van der Waals surface area (Å²) in [4.78, 5) is 40.4. The molecule has 164 valence electrons. The van der Waals surface area contributed by atoms with Crippen LogP contribution in [0.25, 0.3) is 21.8 Å². The Hall–Kier alpha value is -4.11. The van der Waals surface area contributed by atoms with Crippen molar-refractivity contribution in [2.75, 3.05) is 14.2 Å². The third-order valence-corrected chi connectivity index (χ3v) is 4.77. The summed E-state index contributed by atoms with van der Waals surface area (Å²) >= 11 is 5.97. The highest BCUT2D eigenvalue weighted by atomic mass is 35.5. The SMILES string of the molecule is COC(=O)c1c(OC)c(Cl)nc2ccccc12.O=C(O)c1c(O)c(=O)[nH]c2ccccc12. The maximum absolute atomic E-state index is 11.8. The first-order chi connectivity index (χ1) is 15.3. The molecule has 0 bridgehead atoms. The van der Waals surface area contributed by atoms with Crippen LogP contribution in [0.2, 0.25) is 5.15 Å². The molecule has 0 unspecified atom stereocenters. The van der Waals surface area contributed by atoms with Crippen LogP contribution in [-0.2, 0) is 4.74 Å². The molecule has 2 aromatic heterocycles. The molecular formula is C22H17ClN2O7. The Kier molecular flexibility index (Phi) is 6.60. The van der Waals surface area contributed by atoms with E-state index in [0.717, 1.165) is 0 Å². The molecule has 9 nitrogen and oxygen atoms in total. The van der Waals surface area contributed by atoms with Crippen molar-refractivity contribution in [3.8, 4) is 11.5 Å². The van der Waals surface area contributed by atoms with E-state index >= 15 is 0 Å². The Labute approximate surface area is 185 Å². The van der Waals surface area contributed by atoms with Crippen LogP contribution in [-0.4, -0.2) is 46.3 Å². The topological polar surface area (TPSA) is 139 Å². The molecule has 3 N–H and O–H groups in total. The lowest BCUT2D eigenvalue weighted by atomic mass is 10.1. The number of carboxylic acids is 1. The summed E-state index contributed by atoms with van der Waals surface area (Å²) in [6.07, 6.45) is 0. The third kappa shape index (κ3) is 4.19. The summed E-state index contributed by atoms with van der Waals surface area (Å²) in [5.74, 6) is -2.35. The van der Waals surface area contributed by atoms with E-state index in [1.807, 2.05) is 12.1 Å². The number of fused-ring (bicyclic) bond motifs is 2. The number of H-pyrrole nitrogens is 1. The van der Waals surface area contributed by atoms with E-state index in [1.54, 1.807) is 30.3 Å². The van der Waals surface area contributed by atoms with Gasteiger partial charge in [-0.1, -0.05) is 48.0 Å². The summed E-state index contributed by atoms with van der Waals surface area (Å²) < 4.78 is 9.85. The fourth-order valence-electron chi connectivity index (χ4n) is 3.10. The van der Waals surface area contributed by atoms with Crippen molar-refractivity contribution >= 4 is 45.3 Å². The molecule has 0 radical (unpaired) electrons. The number of carbonyl (C=O) groups is 2. The molecule has 0 aliphatic heterocycles. The maximum atomic E-state index is 11.8. The van der Waals surface area contributed by atoms with E-state index in [4.69, 9.17) is 26.2 Å². The zero-order valence-electron chi connectivity index (χ0n) is 16.9. The first kappa shape index (κ1) is 22.6. The summed E-state index contributed by atoms with van der Waals surface area (Å²) in [7, 11) is 2.75. The first-order valence-corrected chi connectivity index (χ1v) is 9.45. The minimum atomic E-state index is -1.32. The number of aromatic amines is 1. The molecule has 2 heterocycles. The molecule has 0 saturated carbocycles. The van der Waals surface area contributed by atoms with Gasteiger partial charge in [-0.05, 0) is 12.1 Å². The van der Waals surface area contributed by atoms with Crippen molar-refractivity contribution in [3.63, 3.8) is 0 Å². The van der Waals surface area contributed by atoms with Crippen LogP contribution in [0.3, 0.4) is 0 Å². The van der Waals surface area contributed by atoms with Crippen LogP contribution >= 0.6 is 11.6 Å². The highest BCUT2D eigenvalue weighted by Crippen LogP contribution is 2.33. The van der Waals surface area contributed by atoms with Gasteiger partial charge in [0.15, 0.2) is 16.7 Å². The van der Waals surface area contributed by atoms with Gasteiger partial charge in [0.1, 0.15) is 11.1 Å². The van der Waals surface area contributed by atoms with E-state index in [-0.39, 0.29) is 16.5 Å². The standard InChI is InChI=1S/C12H10ClNO3.C10H7NO4/c1-16-10-9(12(15)17-2)7-5-3-4-6-8(7)14-11(10)13;12-8-7(10(14)15)5-3-1-2-4-6(5)11-9(8)13/h3-6H,1-2H3;1-4,12H,(H,11,13)(H,14,15). The van der Waals surface area contributed by atoms with Gasteiger partial charge in [-0.25, -0.2) is 14.6 Å². The van der Waals surface area contributed by atoms with E-state index in [9.17, 15) is 19.5 Å². The Morgan fingerprint density at radius 1 is 1.00 bits per heavy atom. The van der Waals surface area contributed by atoms with E-state index < -0.39 is 23.2 Å². The number of benzene rings is 2. The summed E-state index contributed by atoms with van der Waals surface area (Å²) in [6.45, 7) is 0. The third-order valence-electron chi connectivity index (χ3n) is 4.51. The molecule has 2 aromatic carbocycles. The van der Waals surface area contributed by atoms with Crippen LogP contribution < -0.4 is 10.3 Å². The molecule has 0 saturated heterocycles. The summed E-state index contributed by atoms with van der Waals surface area (Å²) in [5.41, 5.74) is 0.141. The van der Waals surface area contributed by atoms with Gasteiger partial charge in [0.25, 0.3) is 5.56 Å². The number of methoxy groups -OCH3 is 2. The number of ether oxygens (including phenoxy) is 2. The number of carboxylic acid groups (broad SMARTS) is 1. The number of esters is 1. The Balaban J connectivity index is 0.000000182. The number of aromatic carboxylic acids is 1. The number of para-hydroxylation sites is 2. The molecule has 0 spiro atoms. The number of nitrogens with zero attached hydrogens (tertiary/aromatic N) is 1. The van der Waals surface area contributed by atoms with Crippen LogP contribution in [0.1, 0.15) is 20.7 Å². The second-order valence-electron chi connectivity index (χ2n) is 6.35. The van der Waals surface area contributed by atoms with Gasteiger partial charge in [-0.2, -0.15) is 0 Å². The molecule has 32 heavy (non-hydrogen) atoms.